The summed E-state index contributed by atoms with van der Waals surface area (Å²) in [4.78, 5) is 10.8. The fourth-order valence-corrected chi connectivity index (χ4v) is 1.56. The van der Waals surface area contributed by atoms with Crippen LogP contribution in [-0.2, 0) is 0 Å². The van der Waals surface area contributed by atoms with Crippen LogP contribution in [0.25, 0.3) is 0 Å². The molecule has 0 aliphatic carbocycles. The van der Waals surface area contributed by atoms with Gasteiger partial charge in [0.05, 0.1) is 10.6 Å². The van der Waals surface area contributed by atoms with E-state index in [1.54, 1.807) is 6.92 Å². The molecule has 1 aliphatic heterocycles. The molecule has 0 spiro atoms. The Labute approximate surface area is 85.0 Å². The van der Waals surface area contributed by atoms with E-state index in [4.69, 9.17) is 26.2 Å². The van der Waals surface area contributed by atoms with Gasteiger partial charge in [-0.25, -0.2) is 4.79 Å². The van der Waals surface area contributed by atoms with E-state index in [-0.39, 0.29) is 17.4 Å². The summed E-state index contributed by atoms with van der Waals surface area (Å²) in [6, 6.07) is 1.38. The monoisotopic (exact) mass is 214 g/mol. The molecule has 1 aromatic rings. The second kappa shape index (κ2) is 3.06. The number of benzene rings is 1. The van der Waals surface area contributed by atoms with Gasteiger partial charge in [0.2, 0.25) is 6.79 Å². The molecule has 0 saturated heterocycles. The normalized spacial score (nSPS) is 13.0. The lowest BCUT2D eigenvalue weighted by atomic mass is 10.1. The Hall–Kier alpha value is -1.42. The molecule has 0 saturated carbocycles. The number of aromatic carboxylic acids is 1. The Morgan fingerprint density at radius 1 is 1.57 bits per heavy atom. The van der Waals surface area contributed by atoms with Crippen LogP contribution < -0.4 is 9.47 Å². The maximum atomic E-state index is 10.8. The van der Waals surface area contributed by atoms with E-state index in [1.165, 1.54) is 6.07 Å². The fraction of sp³-hybridized carbons (Fsp3) is 0.222. The zero-order valence-electron chi connectivity index (χ0n) is 7.33. The molecule has 1 N–H and O–H groups in total. The summed E-state index contributed by atoms with van der Waals surface area (Å²) in [7, 11) is 0. The number of hydrogen-bond acceptors (Lipinski definition) is 3. The number of halogens is 1. The van der Waals surface area contributed by atoms with Gasteiger partial charge in [-0.15, -0.1) is 0 Å². The van der Waals surface area contributed by atoms with Crippen LogP contribution in [0.1, 0.15) is 15.9 Å². The Morgan fingerprint density at radius 2 is 2.29 bits per heavy atom. The van der Waals surface area contributed by atoms with Crippen LogP contribution in [0.3, 0.4) is 0 Å². The van der Waals surface area contributed by atoms with Crippen LogP contribution in [0.5, 0.6) is 11.5 Å². The first-order chi connectivity index (χ1) is 6.61. The molecule has 1 heterocycles. The van der Waals surface area contributed by atoms with Crippen molar-refractivity contribution in [2.45, 2.75) is 6.92 Å². The Kier molecular flexibility index (Phi) is 2.00. The summed E-state index contributed by atoms with van der Waals surface area (Å²) in [6.45, 7) is 1.80. The first-order valence-electron chi connectivity index (χ1n) is 3.93. The van der Waals surface area contributed by atoms with E-state index in [1.807, 2.05) is 0 Å². The zero-order chi connectivity index (χ0) is 10.3. The van der Waals surface area contributed by atoms with Gasteiger partial charge in [0.25, 0.3) is 0 Å². The lowest BCUT2D eigenvalue weighted by Crippen LogP contribution is -1.99. The van der Waals surface area contributed by atoms with Gasteiger partial charge in [0, 0.05) is 11.6 Å². The van der Waals surface area contributed by atoms with Gasteiger partial charge in [-0.2, -0.15) is 0 Å². The summed E-state index contributed by atoms with van der Waals surface area (Å²) < 4.78 is 10.2. The molecule has 14 heavy (non-hydrogen) atoms. The minimum Gasteiger partial charge on any atom is -0.478 e. The number of ether oxygens (including phenoxy) is 2. The largest absolute Gasteiger partial charge is 0.478 e. The molecule has 0 unspecified atom stereocenters. The van der Waals surface area contributed by atoms with Crippen molar-refractivity contribution < 1.29 is 19.4 Å². The maximum absolute atomic E-state index is 10.8. The molecule has 0 aromatic heterocycles. The molecular weight excluding hydrogens is 208 g/mol. The van der Waals surface area contributed by atoms with E-state index in [9.17, 15) is 4.79 Å². The Bertz CT molecular complexity index is 414. The molecule has 74 valence electrons. The van der Waals surface area contributed by atoms with Crippen LogP contribution in [0.15, 0.2) is 6.07 Å². The van der Waals surface area contributed by atoms with Crippen molar-refractivity contribution in [3.05, 3.63) is 22.2 Å². The Balaban J connectivity index is 2.67. The molecule has 0 atom stereocenters. The number of carboxylic acid groups (broad SMARTS) is 1. The van der Waals surface area contributed by atoms with Gasteiger partial charge < -0.3 is 14.6 Å². The smallest absolute Gasteiger partial charge is 0.337 e. The topological polar surface area (TPSA) is 55.8 Å². The highest BCUT2D eigenvalue weighted by atomic mass is 35.5. The predicted octanol–water partition coefficient (Wildman–Crippen LogP) is 2.08. The molecule has 1 aromatic carbocycles. The molecule has 0 fully saturated rings. The highest BCUT2D eigenvalue weighted by molar-refractivity contribution is 6.34. The van der Waals surface area contributed by atoms with Gasteiger partial charge >= 0.3 is 5.97 Å². The highest BCUT2D eigenvalue weighted by Crippen LogP contribution is 2.40. The third kappa shape index (κ3) is 1.19. The predicted molar refractivity (Wildman–Crippen MR) is 49.3 cm³/mol. The molecule has 2 rings (SSSR count). The summed E-state index contributed by atoms with van der Waals surface area (Å²) in [6.07, 6.45) is 0. The molecule has 0 radical (unpaired) electrons. The number of hydrogen-bond donors (Lipinski definition) is 1. The van der Waals surface area contributed by atoms with E-state index >= 15 is 0 Å². The third-order valence-electron chi connectivity index (χ3n) is 2.05. The molecule has 0 amide bonds. The standard InChI is InChI=1S/C9H7ClO4/c1-4-7(10)5(9(11)12)2-6-8(4)14-3-13-6/h2H,3H2,1H3,(H,11,12). The number of carbonyl (C=O) groups is 1. The molecule has 1 aliphatic rings. The average Bonchev–Trinajstić information content (AvgIpc) is 2.58. The minimum absolute atomic E-state index is 0.0356. The zero-order valence-corrected chi connectivity index (χ0v) is 8.09. The summed E-state index contributed by atoms with van der Waals surface area (Å²) in [5.41, 5.74) is 0.632. The van der Waals surface area contributed by atoms with Crippen LogP contribution in [0.2, 0.25) is 5.02 Å². The van der Waals surface area contributed by atoms with Crippen molar-refractivity contribution in [1.82, 2.24) is 0 Å². The van der Waals surface area contributed by atoms with Crippen molar-refractivity contribution in [3.8, 4) is 11.5 Å². The maximum Gasteiger partial charge on any atom is 0.337 e. The number of carboxylic acids is 1. The van der Waals surface area contributed by atoms with Gasteiger partial charge in [-0.1, -0.05) is 11.6 Å². The van der Waals surface area contributed by atoms with Gasteiger partial charge in [0.1, 0.15) is 0 Å². The lowest BCUT2D eigenvalue weighted by molar-refractivity contribution is 0.0696. The van der Waals surface area contributed by atoms with Crippen molar-refractivity contribution in [3.63, 3.8) is 0 Å². The fourth-order valence-electron chi connectivity index (χ4n) is 1.34. The average molecular weight is 215 g/mol. The summed E-state index contributed by atoms with van der Waals surface area (Å²) >= 11 is 5.86. The SMILES string of the molecule is Cc1c(Cl)c(C(=O)O)cc2c1OCO2. The molecule has 5 heteroatoms. The Morgan fingerprint density at radius 3 is 2.93 bits per heavy atom. The van der Waals surface area contributed by atoms with Gasteiger partial charge in [-0.3, -0.25) is 0 Å². The van der Waals surface area contributed by atoms with Crippen molar-refractivity contribution in [1.29, 1.82) is 0 Å². The van der Waals surface area contributed by atoms with Crippen LogP contribution in [0.4, 0.5) is 0 Å². The molecule has 0 bridgehead atoms. The first-order valence-corrected chi connectivity index (χ1v) is 4.31. The van der Waals surface area contributed by atoms with Gasteiger partial charge in [0.15, 0.2) is 11.5 Å². The van der Waals surface area contributed by atoms with Gasteiger partial charge in [-0.05, 0) is 6.92 Å². The number of rotatable bonds is 1. The van der Waals surface area contributed by atoms with E-state index in [0.717, 1.165) is 0 Å². The number of fused-ring (bicyclic) bond motifs is 1. The van der Waals surface area contributed by atoms with Crippen LogP contribution in [-0.4, -0.2) is 17.9 Å². The summed E-state index contributed by atoms with van der Waals surface area (Å²) in [5, 5.41) is 9.04. The minimum atomic E-state index is -1.07. The van der Waals surface area contributed by atoms with Crippen LogP contribution in [0, 0.1) is 6.92 Å². The summed E-state index contributed by atoms with van der Waals surface area (Å²) in [5.74, 6) is -0.110. The molecular formula is C9H7ClO4. The van der Waals surface area contributed by atoms with Crippen molar-refractivity contribution in [2.75, 3.05) is 6.79 Å². The highest BCUT2D eigenvalue weighted by Gasteiger charge is 2.23. The second-order valence-corrected chi connectivity index (χ2v) is 3.28. The van der Waals surface area contributed by atoms with Crippen LogP contribution >= 0.6 is 11.6 Å². The third-order valence-corrected chi connectivity index (χ3v) is 2.54. The lowest BCUT2D eigenvalue weighted by Gasteiger charge is -2.05. The van der Waals surface area contributed by atoms with E-state index in [0.29, 0.717) is 17.1 Å². The quantitative estimate of drug-likeness (QED) is 0.778. The van der Waals surface area contributed by atoms with E-state index < -0.39 is 5.97 Å². The second-order valence-electron chi connectivity index (χ2n) is 2.90. The first kappa shape index (κ1) is 9.15. The molecule has 4 nitrogen and oxygen atoms in total. The van der Waals surface area contributed by atoms with Crippen molar-refractivity contribution >= 4 is 17.6 Å². The van der Waals surface area contributed by atoms with E-state index in [2.05, 4.69) is 0 Å². The van der Waals surface area contributed by atoms with Crippen molar-refractivity contribution in [2.24, 2.45) is 0 Å².